The Labute approximate surface area is 122 Å². The fraction of sp³-hybridized carbons (Fsp3) is 0.933. The van der Waals surface area contributed by atoms with Crippen LogP contribution in [-0.2, 0) is 9.53 Å². The van der Waals surface area contributed by atoms with Crippen LogP contribution in [0.5, 0.6) is 0 Å². The molecule has 1 amide bonds. The Balaban J connectivity index is 1.66. The summed E-state index contributed by atoms with van der Waals surface area (Å²) in [5.41, 5.74) is 5.03. The predicted molar refractivity (Wildman–Crippen MR) is 79.5 cm³/mol. The fourth-order valence-corrected chi connectivity index (χ4v) is 2.85. The topological polar surface area (TPSA) is 67.6 Å². The maximum Gasteiger partial charge on any atom is 0.237 e. The van der Waals surface area contributed by atoms with E-state index in [0.29, 0.717) is 12.1 Å². The lowest BCUT2D eigenvalue weighted by Crippen LogP contribution is -2.54. The van der Waals surface area contributed by atoms with Crippen LogP contribution in [0.4, 0.5) is 0 Å². The molecule has 5 nitrogen and oxygen atoms in total. The van der Waals surface area contributed by atoms with Gasteiger partial charge in [-0.3, -0.25) is 9.69 Å². The highest BCUT2D eigenvalue weighted by Gasteiger charge is 2.36. The number of nitrogens with one attached hydrogen (secondary N) is 1. The minimum Gasteiger partial charge on any atom is -0.376 e. The third-order valence-electron chi connectivity index (χ3n) is 4.37. The summed E-state index contributed by atoms with van der Waals surface area (Å²) in [6, 6.07) is 0.507. The van der Waals surface area contributed by atoms with Crippen molar-refractivity contribution in [2.75, 3.05) is 26.2 Å². The van der Waals surface area contributed by atoms with Gasteiger partial charge < -0.3 is 15.8 Å². The molecule has 1 aliphatic carbocycles. The van der Waals surface area contributed by atoms with Gasteiger partial charge in [-0.05, 0) is 52.5 Å². The zero-order chi connectivity index (χ0) is 14.6. The summed E-state index contributed by atoms with van der Waals surface area (Å²) < 4.78 is 5.54. The number of nitrogens with zero attached hydrogens (tertiary/aromatic N) is 1. The molecule has 0 aromatic heterocycles. The number of rotatable bonds is 8. The Morgan fingerprint density at radius 2 is 2.20 bits per heavy atom. The number of ether oxygens (including phenoxy) is 1. The van der Waals surface area contributed by atoms with E-state index in [0.717, 1.165) is 45.5 Å². The van der Waals surface area contributed by atoms with Crippen molar-refractivity contribution in [2.24, 2.45) is 5.73 Å². The van der Waals surface area contributed by atoms with Crippen molar-refractivity contribution in [1.82, 2.24) is 10.2 Å². The number of hydrogen-bond acceptors (Lipinski definition) is 4. The lowest BCUT2D eigenvalue weighted by Gasteiger charge is -2.32. The van der Waals surface area contributed by atoms with Crippen molar-refractivity contribution in [2.45, 2.75) is 63.6 Å². The lowest BCUT2D eigenvalue weighted by molar-refractivity contribution is -0.124. The minimum absolute atomic E-state index is 0.218. The number of hydrogen-bond donors (Lipinski definition) is 2. The van der Waals surface area contributed by atoms with Crippen molar-refractivity contribution in [3.05, 3.63) is 0 Å². The summed E-state index contributed by atoms with van der Waals surface area (Å²) in [4.78, 5) is 14.1. The molecule has 1 aliphatic heterocycles. The van der Waals surface area contributed by atoms with Gasteiger partial charge in [-0.25, -0.2) is 0 Å². The normalized spacial score (nSPS) is 27.2. The smallest absolute Gasteiger partial charge is 0.237 e. The van der Waals surface area contributed by atoms with Gasteiger partial charge in [-0.2, -0.15) is 0 Å². The van der Waals surface area contributed by atoms with Crippen LogP contribution in [-0.4, -0.2) is 54.7 Å². The molecule has 5 heteroatoms. The second kappa shape index (κ2) is 6.87. The van der Waals surface area contributed by atoms with E-state index in [2.05, 4.69) is 17.1 Å². The van der Waals surface area contributed by atoms with E-state index in [1.165, 1.54) is 12.8 Å². The summed E-state index contributed by atoms with van der Waals surface area (Å²) in [7, 11) is 0. The van der Waals surface area contributed by atoms with Crippen LogP contribution in [0, 0.1) is 0 Å². The molecule has 1 heterocycles. The van der Waals surface area contributed by atoms with Gasteiger partial charge in [0.05, 0.1) is 18.2 Å². The molecular weight excluding hydrogens is 254 g/mol. The Morgan fingerprint density at radius 1 is 1.45 bits per heavy atom. The second-order valence-corrected chi connectivity index (χ2v) is 6.55. The molecule has 0 bridgehead atoms. The molecule has 20 heavy (non-hydrogen) atoms. The van der Waals surface area contributed by atoms with Crippen LogP contribution in [0.2, 0.25) is 0 Å². The quantitative estimate of drug-likeness (QED) is 0.649. The Hall–Kier alpha value is -0.650. The van der Waals surface area contributed by atoms with Crippen LogP contribution in [0.1, 0.15) is 46.0 Å². The van der Waals surface area contributed by atoms with Crippen LogP contribution < -0.4 is 11.1 Å². The van der Waals surface area contributed by atoms with Crippen molar-refractivity contribution in [3.8, 4) is 0 Å². The maximum atomic E-state index is 11.7. The van der Waals surface area contributed by atoms with Crippen molar-refractivity contribution < 1.29 is 9.53 Å². The molecule has 1 saturated carbocycles. The minimum atomic E-state index is -0.528. The van der Waals surface area contributed by atoms with Crippen molar-refractivity contribution in [3.63, 3.8) is 0 Å². The van der Waals surface area contributed by atoms with E-state index in [4.69, 9.17) is 10.5 Å². The average Bonchev–Trinajstić information content (AvgIpc) is 3.18. The average molecular weight is 283 g/mol. The summed E-state index contributed by atoms with van der Waals surface area (Å²) in [6.07, 6.45) is 5.67. The van der Waals surface area contributed by atoms with Crippen molar-refractivity contribution >= 4 is 5.91 Å². The number of nitrogens with two attached hydrogens (primary N) is 1. The molecule has 2 aliphatic rings. The SMILES string of the molecule is CC1CN(CCCCC(C)(NC2CC2)C(N)=O)CCO1. The first-order valence-electron chi connectivity index (χ1n) is 7.91. The predicted octanol–water partition coefficient (Wildman–Crippen LogP) is 0.873. The third-order valence-corrected chi connectivity index (χ3v) is 4.37. The molecule has 2 unspecified atom stereocenters. The van der Waals surface area contributed by atoms with Gasteiger partial charge in [0.1, 0.15) is 0 Å². The van der Waals surface area contributed by atoms with Crippen LogP contribution in [0.25, 0.3) is 0 Å². The number of amides is 1. The van der Waals surface area contributed by atoms with Gasteiger partial charge in [0.25, 0.3) is 0 Å². The molecule has 116 valence electrons. The highest BCUT2D eigenvalue weighted by atomic mass is 16.5. The standard InChI is InChI=1S/C15H29N3O2/c1-12-11-18(9-10-20-12)8-4-3-7-15(2,14(16)19)17-13-5-6-13/h12-13,17H,3-11H2,1-2H3,(H2,16,19). The number of unbranched alkanes of at least 4 members (excludes halogenated alkanes) is 1. The van der Waals surface area contributed by atoms with Gasteiger partial charge >= 0.3 is 0 Å². The second-order valence-electron chi connectivity index (χ2n) is 6.55. The largest absolute Gasteiger partial charge is 0.376 e. The molecule has 2 atom stereocenters. The summed E-state index contributed by atoms with van der Waals surface area (Å²) >= 11 is 0. The fourth-order valence-electron chi connectivity index (χ4n) is 2.85. The Morgan fingerprint density at radius 3 is 2.80 bits per heavy atom. The number of primary amides is 1. The van der Waals surface area contributed by atoms with Crippen LogP contribution >= 0.6 is 0 Å². The first kappa shape index (κ1) is 15.7. The van der Waals surface area contributed by atoms with Crippen LogP contribution in [0.15, 0.2) is 0 Å². The Bertz CT molecular complexity index is 333. The number of carbonyl (C=O) groups is 1. The van der Waals surface area contributed by atoms with E-state index < -0.39 is 5.54 Å². The number of carbonyl (C=O) groups excluding carboxylic acids is 1. The number of morpholine rings is 1. The highest BCUT2D eigenvalue weighted by Crippen LogP contribution is 2.25. The molecule has 2 rings (SSSR count). The molecule has 3 N–H and O–H groups in total. The van der Waals surface area contributed by atoms with Gasteiger partial charge in [-0.15, -0.1) is 0 Å². The van der Waals surface area contributed by atoms with E-state index >= 15 is 0 Å². The summed E-state index contributed by atoms with van der Waals surface area (Å²) in [6.45, 7) is 8.04. The van der Waals surface area contributed by atoms with E-state index in [-0.39, 0.29) is 5.91 Å². The molecule has 2 fully saturated rings. The third kappa shape index (κ3) is 4.72. The molecular formula is C15H29N3O2. The lowest BCUT2D eigenvalue weighted by atomic mass is 9.93. The zero-order valence-corrected chi connectivity index (χ0v) is 12.9. The van der Waals surface area contributed by atoms with E-state index in [1.54, 1.807) is 0 Å². The molecule has 1 saturated heterocycles. The molecule has 0 radical (unpaired) electrons. The summed E-state index contributed by atoms with van der Waals surface area (Å²) in [5, 5.41) is 3.40. The summed E-state index contributed by atoms with van der Waals surface area (Å²) in [5.74, 6) is -0.218. The Kier molecular flexibility index (Phi) is 5.41. The van der Waals surface area contributed by atoms with E-state index in [1.807, 2.05) is 6.92 Å². The highest BCUT2D eigenvalue weighted by molar-refractivity contribution is 5.84. The van der Waals surface area contributed by atoms with Gasteiger partial charge in [0, 0.05) is 19.1 Å². The molecule has 0 spiro atoms. The van der Waals surface area contributed by atoms with Gasteiger partial charge in [-0.1, -0.05) is 0 Å². The molecule has 0 aromatic carbocycles. The monoisotopic (exact) mass is 283 g/mol. The molecule has 0 aromatic rings. The maximum absolute atomic E-state index is 11.7. The first-order valence-corrected chi connectivity index (χ1v) is 7.91. The van der Waals surface area contributed by atoms with Gasteiger partial charge in [0.2, 0.25) is 5.91 Å². The van der Waals surface area contributed by atoms with Gasteiger partial charge in [0.15, 0.2) is 0 Å². The first-order chi connectivity index (χ1) is 9.49. The van der Waals surface area contributed by atoms with Crippen LogP contribution in [0.3, 0.4) is 0 Å². The van der Waals surface area contributed by atoms with Crippen molar-refractivity contribution in [1.29, 1.82) is 0 Å². The van der Waals surface area contributed by atoms with E-state index in [9.17, 15) is 4.79 Å². The zero-order valence-electron chi connectivity index (χ0n) is 12.9.